The molecule has 0 radical (unpaired) electrons. The van der Waals surface area contributed by atoms with E-state index in [9.17, 15) is 18.7 Å². The van der Waals surface area contributed by atoms with Gasteiger partial charge in [0, 0.05) is 5.56 Å². The molecule has 0 saturated carbocycles. The lowest BCUT2D eigenvalue weighted by molar-refractivity contribution is 0.109. The van der Waals surface area contributed by atoms with Crippen molar-refractivity contribution in [2.45, 2.75) is 12.0 Å². The molecular weight excluding hydrogens is 326 g/mol. The highest BCUT2D eigenvalue weighted by atomic mass is 19.1. The zero-order valence-electron chi connectivity index (χ0n) is 13.5. The van der Waals surface area contributed by atoms with E-state index in [1.165, 1.54) is 4.90 Å². The van der Waals surface area contributed by atoms with Gasteiger partial charge in [-0.15, -0.1) is 0 Å². The van der Waals surface area contributed by atoms with Gasteiger partial charge >= 0.3 is 6.09 Å². The Bertz CT molecular complexity index is 823. The number of nitrogens with zero attached hydrogens (tertiary/aromatic N) is 1. The van der Waals surface area contributed by atoms with Crippen LogP contribution in [0.4, 0.5) is 13.6 Å². The molecule has 0 aliphatic carbocycles. The Labute approximate surface area is 144 Å². The average Bonchev–Trinajstić information content (AvgIpc) is 2.99. The van der Waals surface area contributed by atoms with Gasteiger partial charge in [0.05, 0.1) is 12.1 Å². The molecule has 0 fully saturated rings. The van der Waals surface area contributed by atoms with Gasteiger partial charge in [0.1, 0.15) is 11.6 Å². The summed E-state index contributed by atoms with van der Waals surface area (Å²) in [5.74, 6) is -1.16. The number of halogens is 2. The highest BCUT2D eigenvalue weighted by molar-refractivity contribution is 5.79. The number of benzene rings is 2. The summed E-state index contributed by atoms with van der Waals surface area (Å²) in [6, 6.07) is 12.2. The predicted octanol–water partition coefficient (Wildman–Crippen LogP) is 3.59. The van der Waals surface area contributed by atoms with E-state index in [2.05, 4.69) is 0 Å². The molecule has 130 valence electrons. The van der Waals surface area contributed by atoms with Crippen LogP contribution in [0.15, 0.2) is 54.6 Å². The summed E-state index contributed by atoms with van der Waals surface area (Å²) in [4.78, 5) is 13.1. The van der Waals surface area contributed by atoms with Crippen LogP contribution in [0.2, 0.25) is 0 Å². The third-order valence-electron chi connectivity index (χ3n) is 4.53. The topological polar surface area (TPSA) is 66.6 Å². The predicted molar refractivity (Wildman–Crippen MR) is 90.9 cm³/mol. The lowest BCUT2D eigenvalue weighted by Gasteiger charge is -2.36. The quantitative estimate of drug-likeness (QED) is 0.891. The molecule has 3 N–H and O–H groups in total. The van der Waals surface area contributed by atoms with E-state index in [1.54, 1.807) is 6.08 Å². The maximum Gasteiger partial charge on any atom is 0.408 e. The van der Waals surface area contributed by atoms with Crippen molar-refractivity contribution in [3.63, 3.8) is 0 Å². The summed E-state index contributed by atoms with van der Waals surface area (Å²) < 4.78 is 27.8. The van der Waals surface area contributed by atoms with Crippen molar-refractivity contribution in [3.05, 3.63) is 77.4 Å². The van der Waals surface area contributed by atoms with Crippen LogP contribution in [0.25, 0.3) is 5.57 Å². The Hall–Kier alpha value is -2.73. The van der Waals surface area contributed by atoms with Crippen molar-refractivity contribution in [1.82, 2.24) is 4.90 Å². The number of hydrogen-bond donors (Lipinski definition) is 2. The molecule has 0 aromatic heterocycles. The molecule has 4 nitrogen and oxygen atoms in total. The van der Waals surface area contributed by atoms with Gasteiger partial charge in [-0.25, -0.2) is 13.6 Å². The van der Waals surface area contributed by atoms with Crippen LogP contribution in [0.5, 0.6) is 0 Å². The normalized spacial score (nSPS) is 19.8. The molecule has 0 bridgehead atoms. The fraction of sp³-hybridized carbons (Fsp3) is 0.211. The average molecular weight is 344 g/mol. The largest absolute Gasteiger partial charge is 0.465 e. The van der Waals surface area contributed by atoms with Crippen LogP contribution < -0.4 is 5.73 Å². The van der Waals surface area contributed by atoms with Crippen molar-refractivity contribution in [3.8, 4) is 0 Å². The SMILES string of the molecule is NCC[C@@]1(c2ccccc2)C=C(c2cc(F)ccc2F)CN1C(=O)O. The first-order valence-corrected chi connectivity index (χ1v) is 7.91. The summed E-state index contributed by atoms with van der Waals surface area (Å²) in [6.07, 6.45) is 0.894. The maximum absolute atomic E-state index is 14.2. The van der Waals surface area contributed by atoms with Gasteiger partial charge in [-0.1, -0.05) is 30.3 Å². The summed E-state index contributed by atoms with van der Waals surface area (Å²) in [5, 5.41) is 9.71. The molecule has 1 amide bonds. The van der Waals surface area contributed by atoms with Crippen molar-refractivity contribution in [2.75, 3.05) is 13.1 Å². The number of nitrogens with two attached hydrogens (primary N) is 1. The van der Waals surface area contributed by atoms with E-state index in [0.29, 0.717) is 12.0 Å². The van der Waals surface area contributed by atoms with Crippen LogP contribution >= 0.6 is 0 Å². The second-order valence-corrected chi connectivity index (χ2v) is 5.99. The summed E-state index contributed by atoms with van der Waals surface area (Å²) >= 11 is 0. The second-order valence-electron chi connectivity index (χ2n) is 5.99. The number of carboxylic acid groups (broad SMARTS) is 1. The van der Waals surface area contributed by atoms with E-state index in [0.717, 1.165) is 23.8 Å². The first-order valence-electron chi connectivity index (χ1n) is 7.91. The van der Waals surface area contributed by atoms with Crippen LogP contribution in [0.1, 0.15) is 17.5 Å². The third kappa shape index (κ3) is 3.00. The molecule has 2 aromatic carbocycles. The minimum absolute atomic E-state index is 0.0371. The maximum atomic E-state index is 14.2. The number of hydrogen-bond acceptors (Lipinski definition) is 2. The molecular formula is C19H18F2N2O2. The molecule has 1 aliphatic rings. The van der Waals surface area contributed by atoms with Crippen molar-refractivity contribution < 1.29 is 18.7 Å². The molecule has 0 unspecified atom stereocenters. The van der Waals surface area contributed by atoms with Crippen LogP contribution in [0.3, 0.4) is 0 Å². The number of amides is 1. The first kappa shape index (κ1) is 17.1. The molecule has 1 aliphatic heterocycles. The van der Waals surface area contributed by atoms with Crippen LogP contribution in [-0.2, 0) is 5.54 Å². The van der Waals surface area contributed by atoms with Gasteiger partial charge in [0.15, 0.2) is 0 Å². The van der Waals surface area contributed by atoms with Crippen LogP contribution in [-0.4, -0.2) is 29.2 Å². The fourth-order valence-corrected chi connectivity index (χ4v) is 3.41. The van der Waals surface area contributed by atoms with Gasteiger partial charge in [0.25, 0.3) is 0 Å². The van der Waals surface area contributed by atoms with Gasteiger partial charge in [0.2, 0.25) is 0 Å². The Morgan fingerprint density at radius 1 is 1.20 bits per heavy atom. The molecule has 1 heterocycles. The van der Waals surface area contributed by atoms with Crippen molar-refractivity contribution in [1.29, 1.82) is 0 Å². The van der Waals surface area contributed by atoms with Crippen molar-refractivity contribution in [2.24, 2.45) is 5.73 Å². The third-order valence-corrected chi connectivity index (χ3v) is 4.53. The highest BCUT2D eigenvalue weighted by Gasteiger charge is 2.44. The number of rotatable bonds is 4. The van der Waals surface area contributed by atoms with E-state index in [4.69, 9.17) is 5.73 Å². The standard InChI is InChI=1S/C19H18F2N2O2/c20-15-6-7-17(21)16(10-15)13-11-19(8-9-22,23(12-13)18(24)25)14-4-2-1-3-5-14/h1-7,10-11H,8-9,12,22H2,(H,24,25)/t19-/m0/s1. The van der Waals surface area contributed by atoms with E-state index in [-0.39, 0.29) is 18.7 Å². The number of carbonyl (C=O) groups is 1. The van der Waals surface area contributed by atoms with E-state index in [1.807, 2.05) is 30.3 Å². The van der Waals surface area contributed by atoms with E-state index < -0.39 is 23.3 Å². The highest BCUT2D eigenvalue weighted by Crippen LogP contribution is 2.43. The Morgan fingerprint density at radius 2 is 1.92 bits per heavy atom. The monoisotopic (exact) mass is 344 g/mol. The minimum Gasteiger partial charge on any atom is -0.465 e. The summed E-state index contributed by atoms with van der Waals surface area (Å²) in [6.45, 7) is 0.207. The zero-order chi connectivity index (χ0) is 18.0. The zero-order valence-corrected chi connectivity index (χ0v) is 13.5. The molecule has 0 spiro atoms. The van der Waals surface area contributed by atoms with Gasteiger partial charge in [-0.2, -0.15) is 0 Å². The molecule has 0 saturated heterocycles. The molecule has 3 rings (SSSR count). The summed E-state index contributed by atoms with van der Waals surface area (Å²) in [5.41, 5.74) is 5.99. The smallest absolute Gasteiger partial charge is 0.408 e. The Morgan fingerprint density at radius 3 is 2.56 bits per heavy atom. The van der Waals surface area contributed by atoms with Gasteiger partial charge in [-0.3, -0.25) is 4.90 Å². The lowest BCUT2D eigenvalue weighted by atomic mass is 9.85. The minimum atomic E-state index is -1.14. The summed E-state index contributed by atoms with van der Waals surface area (Å²) in [7, 11) is 0. The first-order chi connectivity index (χ1) is 12.0. The lowest BCUT2D eigenvalue weighted by Crippen LogP contribution is -2.46. The van der Waals surface area contributed by atoms with Crippen LogP contribution in [0, 0.1) is 11.6 Å². The fourth-order valence-electron chi connectivity index (χ4n) is 3.41. The van der Waals surface area contributed by atoms with Gasteiger partial charge < -0.3 is 10.8 Å². The molecule has 1 atom stereocenters. The molecule has 25 heavy (non-hydrogen) atoms. The van der Waals surface area contributed by atoms with E-state index >= 15 is 0 Å². The molecule has 2 aromatic rings. The molecule has 6 heteroatoms. The second kappa shape index (κ2) is 6.64. The van der Waals surface area contributed by atoms with Crippen molar-refractivity contribution >= 4 is 11.7 Å². The Balaban J connectivity index is 2.18. The van der Waals surface area contributed by atoms with Gasteiger partial charge in [-0.05, 0) is 48.4 Å². The Kier molecular flexibility index (Phi) is 4.55.